The maximum atomic E-state index is 13.0. The van der Waals surface area contributed by atoms with Crippen LogP contribution < -0.4 is 0 Å². The third-order valence-corrected chi connectivity index (χ3v) is 2.38. The summed E-state index contributed by atoms with van der Waals surface area (Å²) in [5.41, 5.74) is 1.37. The van der Waals surface area contributed by atoms with Crippen molar-refractivity contribution in [1.82, 2.24) is 15.2 Å². The Morgan fingerprint density at radius 3 is 2.94 bits per heavy atom. The molecule has 0 spiro atoms. The van der Waals surface area contributed by atoms with E-state index in [9.17, 15) is 9.18 Å². The van der Waals surface area contributed by atoms with Crippen LogP contribution in [0.15, 0.2) is 18.2 Å². The minimum absolute atomic E-state index is 0.0376. The van der Waals surface area contributed by atoms with Crippen LogP contribution in [0, 0.1) is 12.7 Å². The average molecular weight is 249 g/mol. The minimum atomic E-state index is -0.559. The fourth-order valence-corrected chi connectivity index (χ4v) is 1.55. The Hall–Kier alpha value is -2.24. The van der Waals surface area contributed by atoms with Crippen LogP contribution >= 0.6 is 0 Å². The van der Waals surface area contributed by atoms with Gasteiger partial charge in [-0.3, -0.25) is 5.10 Å². The minimum Gasteiger partial charge on any atom is -0.460 e. The highest BCUT2D eigenvalue weighted by molar-refractivity contribution is 5.85. The zero-order chi connectivity index (χ0) is 13.1. The monoisotopic (exact) mass is 249 g/mol. The summed E-state index contributed by atoms with van der Waals surface area (Å²) >= 11 is 0. The van der Waals surface area contributed by atoms with E-state index in [1.54, 1.807) is 19.9 Å². The van der Waals surface area contributed by atoms with Crippen LogP contribution in [0.25, 0.3) is 11.4 Å². The summed E-state index contributed by atoms with van der Waals surface area (Å²) in [5, 5.41) is 6.42. The summed E-state index contributed by atoms with van der Waals surface area (Å²) in [6.07, 6.45) is 0. The van der Waals surface area contributed by atoms with Gasteiger partial charge < -0.3 is 4.74 Å². The molecular weight excluding hydrogens is 237 g/mol. The molecule has 0 fully saturated rings. The number of hydrogen-bond donors (Lipinski definition) is 1. The molecule has 0 aliphatic rings. The van der Waals surface area contributed by atoms with Crippen molar-refractivity contribution in [1.29, 1.82) is 0 Å². The number of hydrogen-bond acceptors (Lipinski definition) is 4. The van der Waals surface area contributed by atoms with E-state index in [1.165, 1.54) is 12.1 Å². The normalized spacial score (nSPS) is 10.4. The van der Waals surface area contributed by atoms with Crippen molar-refractivity contribution >= 4 is 5.97 Å². The zero-order valence-electron chi connectivity index (χ0n) is 10.0. The summed E-state index contributed by atoms with van der Waals surface area (Å²) in [4.78, 5) is 15.4. The number of benzene rings is 1. The Balaban J connectivity index is 2.32. The SMILES string of the molecule is CCOC(=O)c1nc(-c2ccc(F)cc2C)n[nH]1. The van der Waals surface area contributed by atoms with Crippen molar-refractivity contribution in [3.8, 4) is 11.4 Å². The molecule has 94 valence electrons. The number of esters is 1. The number of aryl methyl sites for hydroxylation is 1. The maximum absolute atomic E-state index is 13.0. The molecule has 0 unspecified atom stereocenters. The number of carbonyl (C=O) groups is 1. The van der Waals surface area contributed by atoms with Gasteiger partial charge in [0.1, 0.15) is 5.82 Å². The van der Waals surface area contributed by atoms with Gasteiger partial charge in [0.25, 0.3) is 0 Å². The van der Waals surface area contributed by atoms with Gasteiger partial charge in [0.15, 0.2) is 5.82 Å². The van der Waals surface area contributed by atoms with E-state index in [-0.39, 0.29) is 18.2 Å². The van der Waals surface area contributed by atoms with E-state index in [1.807, 2.05) is 0 Å². The van der Waals surface area contributed by atoms with Crippen LogP contribution in [-0.2, 0) is 4.74 Å². The molecule has 0 saturated heterocycles. The highest BCUT2D eigenvalue weighted by Gasteiger charge is 2.15. The largest absolute Gasteiger partial charge is 0.460 e. The maximum Gasteiger partial charge on any atom is 0.375 e. The van der Waals surface area contributed by atoms with E-state index in [4.69, 9.17) is 4.74 Å². The van der Waals surface area contributed by atoms with Crippen molar-refractivity contribution in [2.24, 2.45) is 0 Å². The summed E-state index contributed by atoms with van der Waals surface area (Å²) in [6.45, 7) is 3.72. The van der Waals surface area contributed by atoms with Gasteiger partial charge in [-0.05, 0) is 37.6 Å². The van der Waals surface area contributed by atoms with E-state index in [0.717, 1.165) is 0 Å². The Morgan fingerprint density at radius 2 is 2.28 bits per heavy atom. The second-order valence-corrected chi connectivity index (χ2v) is 3.69. The zero-order valence-corrected chi connectivity index (χ0v) is 10.0. The molecule has 5 nitrogen and oxygen atoms in total. The third kappa shape index (κ3) is 2.37. The van der Waals surface area contributed by atoms with E-state index < -0.39 is 5.97 Å². The van der Waals surface area contributed by atoms with Crippen LogP contribution in [0.1, 0.15) is 23.1 Å². The molecule has 0 bridgehead atoms. The van der Waals surface area contributed by atoms with Crippen LogP contribution in [0.2, 0.25) is 0 Å². The summed E-state index contributed by atoms with van der Waals surface area (Å²) in [6, 6.07) is 4.28. The lowest BCUT2D eigenvalue weighted by molar-refractivity contribution is 0.0512. The summed E-state index contributed by atoms with van der Waals surface area (Å²) in [7, 11) is 0. The van der Waals surface area contributed by atoms with Crippen molar-refractivity contribution in [3.05, 3.63) is 35.4 Å². The molecule has 0 atom stereocenters. The van der Waals surface area contributed by atoms with Gasteiger partial charge in [-0.2, -0.15) is 5.10 Å². The van der Waals surface area contributed by atoms with Gasteiger partial charge in [-0.15, -0.1) is 0 Å². The first kappa shape index (κ1) is 12.2. The lowest BCUT2D eigenvalue weighted by atomic mass is 10.1. The molecular formula is C12H12FN3O2. The van der Waals surface area contributed by atoms with Gasteiger partial charge in [-0.1, -0.05) is 0 Å². The van der Waals surface area contributed by atoms with Crippen molar-refractivity contribution in [3.63, 3.8) is 0 Å². The van der Waals surface area contributed by atoms with Gasteiger partial charge in [0.05, 0.1) is 6.61 Å². The number of nitrogens with zero attached hydrogens (tertiary/aromatic N) is 2. The molecule has 0 radical (unpaired) electrons. The number of rotatable bonds is 3. The van der Waals surface area contributed by atoms with Crippen LogP contribution in [-0.4, -0.2) is 27.8 Å². The number of aromatic nitrogens is 3. The lowest BCUT2D eigenvalue weighted by Gasteiger charge is -2.00. The molecule has 1 N–H and O–H groups in total. The molecule has 0 saturated carbocycles. The second kappa shape index (κ2) is 4.95. The molecule has 2 rings (SSSR count). The average Bonchev–Trinajstić information content (AvgIpc) is 2.78. The number of nitrogens with one attached hydrogen (secondary N) is 1. The Kier molecular flexibility index (Phi) is 3.36. The highest BCUT2D eigenvalue weighted by atomic mass is 19.1. The van der Waals surface area contributed by atoms with Crippen molar-refractivity contribution in [2.75, 3.05) is 6.61 Å². The molecule has 1 aromatic heterocycles. The molecule has 6 heteroatoms. The van der Waals surface area contributed by atoms with E-state index in [2.05, 4.69) is 15.2 Å². The Labute approximate surface area is 103 Å². The quantitative estimate of drug-likeness (QED) is 0.846. The number of halogens is 1. The first-order valence-corrected chi connectivity index (χ1v) is 5.48. The van der Waals surface area contributed by atoms with Gasteiger partial charge in [-0.25, -0.2) is 14.2 Å². The summed E-state index contributed by atoms with van der Waals surface area (Å²) < 4.78 is 17.8. The Morgan fingerprint density at radius 1 is 1.50 bits per heavy atom. The topological polar surface area (TPSA) is 67.9 Å². The predicted octanol–water partition coefficient (Wildman–Crippen LogP) is 2.10. The lowest BCUT2D eigenvalue weighted by Crippen LogP contribution is -2.06. The molecule has 18 heavy (non-hydrogen) atoms. The van der Waals surface area contributed by atoms with Crippen LogP contribution in [0.4, 0.5) is 4.39 Å². The van der Waals surface area contributed by atoms with Gasteiger partial charge >= 0.3 is 5.97 Å². The van der Waals surface area contributed by atoms with Gasteiger partial charge in [0, 0.05) is 5.56 Å². The molecule has 1 heterocycles. The van der Waals surface area contributed by atoms with Gasteiger partial charge in [0.2, 0.25) is 5.82 Å². The van der Waals surface area contributed by atoms with E-state index in [0.29, 0.717) is 17.0 Å². The first-order valence-electron chi connectivity index (χ1n) is 5.48. The molecule has 0 amide bonds. The molecule has 1 aromatic carbocycles. The van der Waals surface area contributed by atoms with Crippen molar-refractivity contribution in [2.45, 2.75) is 13.8 Å². The predicted molar refractivity (Wildman–Crippen MR) is 62.5 cm³/mol. The summed E-state index contributed by atoms with van der Waals surface area (Å²) in [5.74, 6) is -0.500. The second-order valence-electron chi connectivity index (χ2n) is 3.69. The van der Waals surface area contributed by atoms with Crippen molar-refractivity contribution < 1.29 is 13.9 Å². The first-order chi connectivity index (χ1) is 8.61. The number of carbonyl (C=O) groups excluding carboxylic acids is 1. The molecule has 0 aliphatic carbocycles. The Bertz CT molecular complexity index is 580. The molecule has 0 aliphatic heterocycles. The fraction of sp³-hybridized carbons (Fsp3) is 0.250. The van der Waals surface area contributed by atoms with Crippen LogP contribution in [0.5, 0.6) is 0 Å². The van der Waals surface area contributed by atoms with E-state index >= 15 is 0 Å². The number of ether oxygens (including phenoxy) is 1. The number of H-pyrrole nitrogens is 1. The molecule has 2 aromatic rings. The number of aromatic amines is 1. The third-order valence-electron chi connectivity index (χ3n) is 2.38. The standard InChI is InChI=1S/C12H12FN3O2/c1-3-18-12(17)11-14-10(15-16-11)9-5-4-8(13)6-7(9)2/h4-6H,3H2,1-2H3,(H,14,15,16). The highest BCUT2D eigenvalue weighted by Crippen LogP contribution is 2.20. The fourth-order valence-electron chi connectivity index (χ4n) is 1.55. The smallest absolute Gasteiger partial charge is 0.375 e. The van der Waals surface area contributed by atoms with Crippen LogP contribution in [0.3, 0.4) is 0 Å².